The Morgan fingerprint density at radius 1 is 1.39 bits per heavy atom. The highest BCUT2D eigenvalue weighted by Gasteiger charge is 2.16. The van der Waals surface area contributed by atoms with Crippen molar-refractivity contribution in [1.29, 1.82) is 0 Å². The van der Waals surface area contributed by atoms with Gasteiger partial charge in [-0.1, -0.05) is 6.07 Å². The van der Waals surface area contributed by atoms with Crippen LogP contribution in [0.15, 0.2) is 24.4 Å². The van der Waals surface area contributed by atoms with Crippen molar-refractivity contribution in [1.82, 2.24) is 14.7 Å². The monoisotopic (exact) mass is 243 g/mol. The van der Waals surface area contributed by atoms with E-state index >= 15 is 0 Å². The summed E-state index contributed by atoms with van der Waals surface area (Å²) < 4.78 is 1.98. The smallest absolute Gasteiger partial charge is 0.166 e. The van der Waals surface area contributed by atoms with E-state index in [9.17, 15) is 4.79 Å². The molecule has 0 aromatic carbocycles. The lowest BCUT2D eigenvalue weighted by Crippen LogP contribution is -2.29. The SMILES string of the molecule is O=Cc1cccc2cnc(CC3CCNCC3)n12. The maximum Gasteiger partial charge on any atom is 0.166 e. The molecular formula is C14H17N3O. The van der Waals surface area contributed by atoms with E-state index in [-0.39, 0.29) is 0 Å². The van der Waals surface area contributed by atoms with Crippen molar-refractivity contribution in [3.63, 3.8) is 0 Å². The summed E-state index contributed by atoms with van der Waals surface area (Å²) in [4.78, 5) is 15.6. The summed E-state index contributed by atoms with van der Waals surface area (Å²) >= 11 is 0. The highest BCUT2D eigenvalue weighted by Crippen LogP contribution is 2.19. The number of nitrogens with zero attached hydrogens (tertiary/aromatic N) is 2. The fourth-order valence-corrected chi connectivity index (χ4v) is 2.72. The number of piperidine rings is 1. The van der Waals surface area contributed by atoms with Crippen LogP contribution in [0.2, 0.25) is 0 Å². The highest BCUT2D eigenvalue weighted by molar-refractivity contribution is 5.74. The average Bonchev–Trinajstić information content (AvgIpc) is 2.83. The van der Waals surface area contributed by atoms with Crippen LogP contribution in [-0.2, 0) is 6.42 Å². The molecule has 3 heterocycles. The molecule has 0 radical (unpaired) electrons. The first-order valence-corrected chi connectivity index (χ1v) is 6.50. The minimum atomic E-state index is 0.677. The van der Waals surface area contributed by atoms with Gasteiger partial charge in [0.25, 0.3) is 0 Å². The second-order valence-electron chi connectivity index (χ2n) is 4.90. The van der Waals surface area contributed by atoms with Crippen molar-refractivity contribution in [3.8, 4) is 0 Å². The molecule has 1 aliphatic rings. The third-order valence-electron chi connectivity index (χ3n) is 3.71. The van der Waals surface area contributed by atoms with Crippen LogP contribution >= 0.6 is 0 Å². The van der Waals surface area contributed by atoms with Crippen LogP contribution in [0.4, 0.5) is 0 Å². The van der Waals surface area contributed by atoms with E-state index in [2.05, 4.69) is 10.3 Å². The average molecular weight is 243 g/mol. The number of carbonyl (C=O) groups excluding carboxylic acids is 1. The molecular weight excluding hydrogens is 226 g/mol. The first-order chi connectivity index (χ1) is 8.88. The van der Waals surface area contributed by atoms with Crippen LogP contribution in [0.3, 0.4) is 0 Å². The minimum Gasteiger partial charge on any atom is -0.317 e. The Labute approximate surface area is 106 Å². The molecule has 0 atom stereocenters. The Morgan fingerprint density at radius 2 is 2.22 bits per heavy atom. The first kappa shape index (κ1) is 11.4. The summed E-state index contributed by atoms with van der Waals surface area (Å²) in [5.41, 5.74) is 1.69. The molecule has 0 saturated carbocycles. The minimum absolute atomic E-state index is 0.677. The van der Waals surface area contributed by atoms with Gasteiger partial charge in [0.2, 0.25) is 0 Å². The van der Waals surface area contributed by atoms with Crippen LogP contribution in [-0.4, -0.2) is 28.8 Å². The molecule has 0 spiro atoms. The lowest BCUT2D eigenvalue weighted by Gasteiger charge is -2.22. The predicted octanol–water partition coefficient (Wildman–Crippen LogP) is 1.69. The molecule has 1 N–H and O–H groups in total. The molecule has 0 bridgehead atoms. The van der Waals surface area contributed by atoms with Gasteiger partial charge in [-0.05, 0) is 44.0 Å². The van der Waals surface area contributed by atoms with Crippen molar-refractivity contribution in [3.05, 3.63) is 35.9 Å². The Morgan fingerprint density at radius 3 is 3.00 bits per heavy atom. The lowest BCUT2D eigenvalue weighted by atomic mass is 9.94. The molecule has 0 amide bonds. The second kappa shape index (κ2) is 4.90. The molecule has 1 saturated heterocycles. The van der Waals surface area contributed by atoms with Crippen molar-refractivity contribution < 1.29 is 4.79 Å². The number of fused-ring (bicyclic) bond motifs is 1. The Hall–Kier alpha value is -1.68. The standard InChI is InChI=1S/C14H17N3O/c18-10-13-3-1-2-12-9-16-14(17(12)13)8-11-4-6-15-7-5-11/h1-3,9-11,15H,4-8H2. The summed E-state index contributed by atoms with van der Waals surface area (Å²) in [7, 11) is 0. The number of hydrogen-bond donors (Lipinski definition) is 1. The van der Waals surface area contributed by atoms with Crippen LogP contribution in [0.25, 0.3) is 5.52 Å². The second-order valence-corrected chi connectivity index (χ2v) is 4.90. The lowest BCUT2D eigenvalue weighted by molar-refractivity contribution is 0.111. The third-order valence-corrected chi connectivity index (χ3v) is 3.71. The molecule has 18 heavy (non-hydrogen) atoms. The van der Waals surface area contributed by atoms with Gasteiger partial charge in [-0.15, -0.1) is 0 Å². The van der Waals surface area contributed by atoms with Crippen LogP contribution in [0.1, 0.15) is 29.2 Å². The summed E-state index contributed by atoms with van der Waals surface area (Å²) in [5.74, 6) is 1.69. The van der Waals surface area contributed by atoms with Crippen molar-refractivity contribution in [2.24, 2.45) is 5.92 Å². The van der Waals surface area contributed by atoms with Gasteiger partial charge in [-0.3, -0.25) is 9.20 Å². The van der Waals surface area contributed by atoms with E-state index in [4.69, 9.17) is 0 Å². The van der Waals surface area contributed by atoms with E-state index in [0.29, 0.717) is 11.6 Å². The third kappa shape index (κ3) is 2.04. The van der Waals surface area contributed by atoms with Gasteiger partial charge in [0.05, 0.1) is 17.4 Å². The quantitative estimate of drug-likeness (QED) is 0.834. The summed E-state index contributed by atoms with van der Waals surface area (Å²) in [5, 5.41) is 3.37. The molecule has 3 rings (SSSR count). The molecule has 4 nitrogen and oxygen atoms in total. The summed E-state index contributed by atoms with van der Waals surface area (Å²) in [6.45, 7) is 2.18. The van der Waals surface area contributed by atoms with Gasteiger partial charge in [0, 0.05) is 6.42 Å². The maximum atomic E-state index is 11.1. The number of nitrogens with one attached hydrogen (secondary N) is 1. The zero-order valence-electron chi connectivity index (χ0n) is 10.3. The van der Waals surface area contributed by atoms with Gasteiger partial charge >= 0.3 is 0 Å². The van der Waals surface area contributed by atoms with Crippen molar-refractivity contribution in [2.75, 3.05) is 13.1 Å². The van der Waals surface area contributed by atoms with E-state index < -0.39 is 0 Å². The van der Waals surface area contributed by atoms with Crippen molar-refractivity contribution >= 4 is 11.8 Å². The number of aromatic nitrogens is 2. The fraction of sp³-hybridized carbons (Fsp3) is 0.429. The molecule has 94 valence electrons. The van der Waals surface area contributed by atoms with E-state index in [1.807, 2.05) is 28.8 Å². The predicted molar refractivity (Wildman–Crippen MR) is 69.9 cm³/mol. The van der Waals surface area contributed by atoms with E-state index in [1.54, 1.807) is 0 Å². The number of carbonyl (C=O) groups is 1. The normalized spacial score (nSPS) is 17.1. The molecule has 2 aromatic rings. The van der Waals surface area contributed by atoms with Gasteiger partial charge in [0.1, 0.15) is 5.82 Å². The fourth-order valence-electron chi connectivity index (χ4n) is 2.72. The number of imidazole rings is 1. The summed E-state index contributed by atoms with van der Waals surface area (Å²) in [6, 6.07) is 5.73. The molecule has 1 aliphatic heterocycles. The van der Waals surface area contributed by atoms with Gasteiger partial charge in [-0.25, -0.2) is 4.98 Å². The molecule has 4 heteroatoms. The molecule has 1 fully saturated rings. The van der Waals surface area contributed by atoms with Gasteiger partial charge in [0.15, 0.2) is 6.29 Å². The maximum absolute atomic E-state index is 11.1. The molecule has 2 aromatic heterocycles. The topological polar surface area (TPSA) is 46.4 Å². The number of pyridine rings is 1. The van der Waals surface area contributed by atoms with Crippen LogP contribution in [0.5, 0.6) is 0 Å². The van der Waals surface area contributed by atoms with Crippen LogP contribution in [0, 0.1) is 5.92 Å². The zero-order valence-corrected chi connectivity index (χ0v) is 10.3. The van der Waals surface area contributed by atoms with E-state index in [0.717, 1.165) is 37.1 Å². The Kier molecular flexibility index (Phi) is 3.11. The Balaban J connectivity index is 1.93. The molecule has 0 aliphatic carbocycles. The van der Waals surface area contributed by atoms with E-state index in [1.165, 1.54) is 12.8 Å². The van der Waals surface area contributed by atoms with Crippen LogP contribution < -0.4 is 5.32 Å². The van der Waals surface area contributed by atoms with Crippen molar-refractivity contribution in [2.45, 2.75) is 19.3 Å². The van der Waals surface area contributed by atoms with Gasteiger partial charge < -0.3 is 5.32 Å². The molecule has 0 unspecified atom stereocenters. The number of aldehydes is 1. The highest BCUT2D eigenvalue weighted by atomic mass is 16.1. The van der Waals surface area contributed by atoms with Gasteiger partial charge in [-0.2, -0.15) is 0 Å². The Bertz CT molecular complexity index is 555. The summed E-state index contributed by atoms with van der Waals surface area (Å²) in [6.07, 6.45) is 6.10. The number of hydrogen-bond acceptors (Lipinski definition) is 3. The number of rotatable bonds is 3. The largest absolute Gasteiger partial charge is 0.317 e. The first-order valence-electron chi connectivity index (χ1n) is 6.50. The zero-order chi connectivity index (χ0) is 12.4.